The summed E-state index contributed by atoms with van der Waals surface area (Å²) in [5.41, 5.74) is 3.28. The van der Waals surface area contributed by atoms with Crippen molar-refractivity contribution < 1.29 is 4.43 Å². The topological polar surface area (TPSA) is 9.23 Å². The molecule has 1 heterocycles. The van der Waals surface area contributed by atoms with E-state index in [1.54, 1.807) is 0 Å². The maximum Gasteiger partial charge on any atom is 0.457 e. The van der Waals surface area contributed by atoms with E-state index in [1.807, 2.05) is 19.9 Å². The molecule has 0 saturated carbocycles. The third-order valence-corrected chi connectivity index (χ3v) is 7.73. The fourth-order valence-electron chi connectivity index (χ4n) is 2.28. The van der Waals surface area contributed by atoms with Crippen LogP contribution in [0.25, 0.3) is 0 Å². The highest BCUT2D eigenvalue weighted by Crippen LogP contribution is 2.51. The average Bonchev–Trinajstić information content (AvgIpc) is 2.44. The van der Waals surface area contributed by atoms with Crippen LogP contribution in [0.5, 0.6) is 5.75 Å². The molecule has 0 amide bonds. The van der Waals surface area contributed by atoms with Crippen molar-refractivity contribution in [2.45, 2.75) is 32.7 Å². The molecular weight excluding hydrogens is 283 g/mol. The van der Waals surface area contributed by atoms with E-state index >= 15 is 0 Å². The lowest BCUT2D eigenvalue weighted by Gasteiger charge is -2.16. The van der Waals surface area contributed by atoms with E-state index in [2.05, 4.69) is 6.92 Å². The second-order valence-corrected chi connectivity index (χ2v) is 10.5. The molecular formula is C11H13Cl3OSi. The Morgan fingerprint density at radius 2 is 2.00 bits per heavy atom. The first kappa shape index (κ1) is 12.6. The lowest BCUT2D eigenvalue weighted by atomic mass is 10.00. The van der Waals surface area contributed by atoms with Crippen molar-refractivity contribution in [1.29, 1.82) is 0 Å². The lowest BCUT2D eigenvalue weighted by Crippen LogP contribution is -2.31. The van der Waals surface area contributed by atoms with Gasteiger partial charge in [-0.15, -0.1) is 0 Å². The summed E-state index contributed by atoms with van der Waals surface area (Å²) >= 11 is 18.9. The lowest BCUT2D eigenvalue weighted by molar-refractivity contribution is 0.593. The first-order valence-electron chi connectivity index (χ1n) is 5.25. The molecule has 1 aromatic rings. The quantitative estimate of drug-likeness (QED) is 0.534. The summed E-state index contributed by atoms with van der Waals surface area (Å²) in [7, 11) is 0. The first-order valence-corrected chi connectivity index (χ1v) is 9.63. The van der Waals surface area contributed by atoms with Crippen molar-refractivity contribution in [3.8, 4) is 5.75 Å². The van der Waals surface area contributed by atoms with Gasteiger partial charge in [0.2, 0.25) is 0 Å². The molecule has 0 spiro atoms. The predicted octanol–water partition coefficient (Wildman–Crippen LogP) is 4.80. The minimum absolute atomic E-state index is 0.115. The van der Waals surface area contributed by atoms with Gasteiger partial charge in [-0.05, 0) is 37.5 Å². The summed E-state index contributed by atoms with van der Waals surface area (Å²) in [6.45, 7) is 3.37. The van der Waals surface area contributed by atoms with Crippen molar-refractivity contribution >= 4 is 40.7 Å². The highest BCUT2D eigenvalue weighted by atomic mass is 35.7. The largest absolute Gasteiger partial charge is 0.518 e. The maximum atomic E-state index is 6.31. The molecule has 1 aliphatic rings. The number of benzene rings is 1. The molecule has 16 heavy (non-hydrogen) atoms. The van der Waals surface area contributed by atoms with Gasteiger partial charge in [0.05, 0.1) is 0 Å². The highest BCUT2D eigenvalue weighted by Gasteiger charge is 2.50. The van der Waals surface area contributed by atoms with Gasteiger partial charge < -0.3 is 4.43 Å². The summed E-state index contributed by atoms with van der Waals surface area (Å²) in [4.78, 5) is 0. The molecule has 2 rings (SSSR count). The molecule has 1 unspecified atom stereocenters. The fraction of sp³-hybridized carbons (Fsp3) is 0.455. The Labute approximate surface area is 111 Å². The first-order chi connectivity index (χ1) is 7.38. The Balaban J connectivity index is 2.65. The van der Waals surface area contributed by atoms with Gasteiger partial charge in [-0.3, -0.25) is 0 Å². The van der Waals surface area contributed by atoms with E-state index in [4.69, 9.17) is 38.2 Å². The van der Waals surface area contributed by atoms with Gasteiger partial charge in [0, 0.05) is 16.1 Å². The summed E-state index contributed by atoms with van der Waals surface area (Å²) < 4.78 is 5.73. The van der Waals surface area contributed by atoms with Crippen molar-refractivity contribution in [1.82, 2.24) is 0 Å². The minimum atomic E-state index is -2.67. The van der Waals surface area contributed by atoms with Crippen LogP contribution in [0.15, 0.2) is 6.07 Å². The Morgan fingerprint density at radius 3 is 2.56 bits per heavy atom. The average molecular weight is 296 g/mol. The van der Waals surface area contributed by atoms with Crippen LogP contribution in [0, 0.1) is 13.8 Å². The monoisotopic (exact) mass is 294 g/mol. The number of aryl methyl sites for hydroxylation is 1. The standard InChI is InChI=1S/C11H13Cl3OSi/c1-4-9-10-7(3)11(12)6(2)5-8(10)15-16(9,13)14/h5,9H,4H2,1-3H3. The molecule has 0 fully saturated rings. The van der Waals surface area contributed by atoms with Crippen LogP contribution in [0.3, 0.4) is 0 Å². The number of hydrogen-bond acceptors (Lipinski definition) is 1. The predicted molar refractivity (Wildman–Crippen MR) is 72.0 cm³/mol. The van der Waals surface area contributed by atoms with Crippen LogP contribution in [0.2, 0.25) is 5.02 Å². The zero-order valence-corrected chi connectivity index (χ0v) is 12.7. The third kappa shape index (κ3) is 1.76. The van der Waals surface area contributed by atoms with Crippen molar-refractivity contribution in [2.24, 2.45) is 0 Å². The number of hydrogen-bond donors (Lipinski definition) is 0. The van der Waals surface area contributed by atoms with Crippen molar-refractivity contribution in [3.63, 3.8) is 0 Å². The Morgan fingerprint density at radius 1 is 1.38 bits per heavy atom. The van der Waals surface area contributed by atoms with Crippen LogP contribution in [0.4, 0.5) is 0 Å². The van der Waals surface area contributed by atoms with Gasteiger partial charge in [-0.25, -0.2) is 0 Å². The second kappa shape index (κ2) is 4.09. The number of halogens is 3. The van der Waals surface area contributed by atoms with Crippen LogP contribution in [-0.4, -0.2) is 6.94 Å². The van der Waals surface area contributed by atoms with E-state index in [-0.39, 0.29) is 5.54 Å². The van der Waals surface area contributed by atoms with E-state index in [0.29, 0.717) is 0 Å². The molecule has 88 valence electrons. The summed E-state index contributed by atoms with van der Waals surface area (Å²) in [5.74, 6) is 0.822. The van der Waals surface area contributed by atoms with Gasteiger partial charge in [-0.2, -0.15) is 0 Å². The van der Waals surface area contributed by atoms with Gasteiger partial charge in [0.1, 0.15) is 5.75 Å². The number of fused-ring (bicyclic) bond motifs is 1. The summed E-state index contributed by atoms with van der Waals surface area (Å²) in [6.07, 6.45) is 0.881. The molecule has 0 aliphatic carbocycles. The third-order valence-electron chi connectivity index (χ3n) is 3.10. The molecule has 0 bridgehead atoms. The molecule has 1 aliphatic heterocycles. The molecule has 0 N–H and O–H groups in total. The molecule has 1 atom stereocenters. The summed E-state index contributed by atoms with van der Waals surface area (Å²) in [5, 5.41) is 0.792. The minimum Gasteiger partial charge on any atom is -0.518 e. The van der Waals surface area contributed by atoms with Crippen LogP contribution in [-0.2, 0) is 0 Å². The Kier molecular flexibility index (Phi) is 3.21. The zero-order chi connectivity index (χ0) is 12.1. The van der Waals surface area contributed by atoms with Gasteiger partial charge in [-0.1, -0.05) is 40.7 Å². The SMILES string of the molecule is CCC1c2c(cc(C)c(Cl)c2C)O[Si]1(Cl)Cl. The van der Waals surface area contributed by atoms with Crippen LogP contribution in [0.1, 0.15) is 35.6 Å². The smallest absolute Gasteiger partial charge is 0.457 e. The van der Waals surface area contributed by atoms with Crippen molar-refractivity contribution in [3.05, 3.63) is 27.8 Å². The molecule has 5 heteroatoms. The Hall–Kier alpha value is 0.107. The van der Waals surface area contributed by atoms with Crippen LogP contribution >= 0.6 is 33.8 Å². The molecule has 1 nitrogen and oxygen atoms in total. The summed E-state index contributed by atoms with van der Waals surface area (Å²) in [6, 6.07) is 1.94. The second-order valence-electron chi connectivity index (χ2n) is 4.17. The van der Waals surface area contributed by atoms with Gasteiger partial charge in [0.15, 0.2) is 0 Å². The molecule has 0 radical (unpaired) electrons. The maximum absolute atomic E-state index is 6.31. The molecule has 1 aromatic carbocycles. The van der Waals surface area contributed by atoms with E-state index < -0.39 is 6.94 Å². The normalized spacial score (nSPS) is 21.8. The molecule has 0 saturated heterocycles. The highest BCUT2D eigenvalue weighted by molar-refractivity contribution is 7.43. The van der Waals surface area contributed by atoms with E-state index in [0.717, 1.165) is 33.9 Å². The molecule has 0 aromatic heterocycles. The fourth-order valence-corrected chi connectivity index (χ4v) is 6.29. The van der Waals surface area contributed by atoms with Crippen molar-refractivity contribution in [2.75, 3.05) is 0 Å². The van der Waals surface area contributed by atoms with Gasteiger partial charge in [0.25, 0.3) is 0 Å². The van der Waals surface area contributed by atoms with E-state index in [9.17, 15) is 0 Å². The van der Waals surface area contributed by atoms with Crippen LogP contribution < -0.4 is 4.43 Å². The Bertz CT molecular complexity index is 445. The van der Waals surface area contributed by atoms with E-state index in [1.165, 1.54) is 0 Å². The number of rotatable bonds is 1. The van der Waals surface area contributed by atoms with Gasteiger partial charge >= 0.3 is 6.94 Å². The zero-order valence-electron chi connectivity index (χ0n) is 9.40.